The quantitative estimate of drug-likeness (QED) is 0.606. The molecule has 0 spiro atoms. The van der Waals surface area contributed by atoms with E-state index in [1.807, 2.05) is 6.07 Å². The monoisotopic (exact) mass is 514 g/mol. The number of hydrogen-bond donors (Lipinski definition) is 2. The van der Waals surface area contributed by atoms with Gasteiger partial charge in [-0.15, -0.1) is 0 Å². The standard InChI is InChI=1S/C27H29F3N4O3/c1-33-8-10-34(11-9-33)23-13-18-4-6-20(16-22(18)32-26(23)36)31-25(35)14-17-3-2-12-37-24-7-5-19(15-21(17)24)27(28,29)30/h4-7,14-16,23H,2-3,8-13H2,1H3,(H,31,35)(H,32,36). The summed E-state index contributed by atoms with van der Waals surface area (Å²) in [5.74, 6) is -0.188. The zero-order valence-corrected chi connectivity index (χ0v) is 20.5. The highest BCUT2D eigenvalue weighted by molar-refractivity contribution is 6.05. The van der Waals surface area contributed by atoms with Crippen molar-refractivity contribution in [3.8, 4) is 5.75 Å². The summed E-state index contributed by atoms with van der Waals surface area (Å²) in [5, 5.41) is 5.76. The van der Waals surface area contributed by atoms with E-state index in [1.54, 1.807) is 12.1 Å². The number of anilines is 2. The smallest absolute Gasteiger partial charge is 0.416 e. The summed E-state index contributed by atoms with van der Waals surface area (Å²) in [7, 11) is 2.07. The van der Waals surface area contributed by atoms with Crippen molar-refractivity contribution in [3.05, 3.63) is 59.2 Å². The van der Waals surface area contributed by atoms with Gasteiger partial charge < -0.3 is 20.3 Å². The molecule has 3 aliphatic rings. The van der Waals surface area contributed by atoms with E-state index in [0.29, 0.717) is 48.6 Å². The van der Waals surface area contributed by atoms with E-state index in [-0.39, 0.29) is 17.5 Å². The SMILES string of the molecule is CN1CCN(C2Cc3ccc(NC(=O)C=C4CCCOc5ccc(C(F)(F)F)cc54)cc3NC2=O)CC1. The molecule has 10 heteroatoms. The zero-order valence-electron chi connectivity index (χ0n) is 20.5. The third-order valence-electron chi connectivity index (χ3n) is 7.14. The normalized spacial score (nSPS) is 21.9. The maximum Gasteiger partial charge on any atom is 0.416 e. The highest BCUT2D eigenvalue weighted by atomic mass is 19.4. The van der Waals surface area contributed by atoms with Crippen molar-refractivity contribution < 1.29 is 27.5 Å². The number of ether oxygens (including phenoxy) is 1. The zero-order chi connectivity index (χ0) is 26.2. The van der Waals surface area contributed by atoms with Gasteiger partial charge in [-0.3, -0.25) is 14.5 Å². The second kappa shape index (κ2) is 10.2. The molecule has 2 N–H and O–H groups in total. The average molecular weight is 515 g/mol. The Morgan fingerprint density at radius 2 is 1.92 bits per heavy atom. The molecule has 0 bridgehead atoms. The molecule has 37 heavy (non-hydrogen) atoms. The van der Waals surface area contributed by atoms with Crippen molar-refractivity contribution in [2.75, 3.05) is 50.5 Å². The molecule has 0 saturated carbocycles. The van der Waals surface area contributed by atoms with Gasteiger partial charge in [0, 0.05) is 49.2 Å². The van der Waals surface area contributed by atoms with Crippen LogP contribution in [0.5, 0.6) is 5.75 Å². The number of hydrogen-bond acceptors (Lipinski definition) is 5. The van der Waals surface area contributed by atoms with Gasteiger partial charge in [0.05, 0.1) is 18.2 Å². The maximum absolute atomic E-state index is 13.3. The van der Waals surface area contributed by atoms with E-state index in [2.05, 4.69) is 27.5 Å². The topological polar surface area (TPSA) is 73.9 Å². The van der Waals surface area contributed by atoms with Gasteiger partial charge in [-0.2, -0.15) is 13.2 Å². The Morgan fingerprint density at radius 3 is 2.68 bits per heavy atom. The Bertz CT molecular complexity index is 1240. The molecule has 1 atom stereocenters. The second-order valence-electron chi connectivity index (χ2n) is 9.74. The molecule has 1 unspecified atom stereocenters. The number of fused-ring (bicyclic) bond motifs is 2. The lowest BCUT2D eigenvalue weighted by Crippen LogP contribution is -2.54. The summed E-state index contributed by atoms with van der Waals surface area (Å²) in [6, 6.07) is 8.49. The Balaban J connectivity index is 1.31. The molecule has 3 aliphatic heterocycles. The summed E-state index contributed by atoms with van der Waals surface area (Å²) in [6.45, 7) is 3.88. The summed E-state index contributed by atoms with van der Waals surface area (Å²) < 4.78 is 45.4. The van der Waals surface area contributed by atoms with Gasteiger partial charge in [0.25, 0.3) is 0 Å². The molecular formula is C27H29F3N4O3. The van der Waals surface area contributed by atoms with E-state index >= 15 is 0 Å². The summed E-state index contributed by atoms with van der Waals surface area (Å²) in [4.78, 5) is 30.1. The van der Waals surface area contributed by atoms with Crippen molar-refractivity contribution in [2.45, 2.75) is 31.5 Å². The molecule has 0 aliphatic carbocycles. The van der Waals surface area contributed by atoms with Crippen LogP contribution >= 0.6 is 0 Å². The number of amides is 2. The third kappa shape index (κ3) is 5.65. The fraction of sp³-hybridized carbons (Fsp3) is 0.407. The summed E-state index contributed by atoms with van der Waals surface area (Å²) >= 11 is 0. The third-order valence-corrected chi connectivity index (χ3v) is 7.14. The number of alkyl halides is 3. The number of piperazine rings is 1. The van der Waals surface area contributed by atoms with Crippen LogP contribution in [0.15, 0.2) is 42.5 Å². The lowest BCUT2D eigenvalue weighted by molar-refractivity contribution is -0.137. The van der Waals surface area contributed by atoms with Crippen LogP contribution in [0.3, 0.4) is 0 Å². The largest absolute Gasteiger partial charge is 0.493 e. The first-order chi connectivity index (χ1) is 17.7. The van der Waals surface area contributed by atoms with E-state index in [4.69, 9.17) is 4.74 Å². The van der Waals surface area contributed by atoms with Crippen molar-refractivity contribution in [1.82, 2.24) is 9.80 Å². The molecule has 2 aromatic carbocycles. The minimum absolute atomic E-state index is 0.0572. The van der Waals surface area contributed by atoms with Crippen LogP contribution in [0.2, 0.25) is 0 Å². The molecular weight excluding hydrogens is 485 g/mol. The van der Waals surface area contributed by atoms with Crippen molar-refractivity contribution >= 4 is 28.8 Å². The predicted octanol–water partition coefficient (Wildman–Crippen LogP) is 4.01. The van der Waals surface area contributed by atoms with Crippen molar-refractivity contribution in [1.29, 1.82) is 0 Å². The molecule has 7 nitrogen and oxygen atoms in total. The predicted molar refractivity (Wildman–Crippen MR) is 134 cm³/mol. The number of allylic oxidation sites excluding steroid dienone is 1. The number of halogens is 3. The van der Waals surface area contributed by atoms with Crippen molar-refractivity contribution in [2.24, 2.45) is 0 Å². The van der Waals surface area contributed by atoms with Crippen LogP contribution in [-0.4, -0.2) is 67.5 Å². The Kier molecular flexibility index (Phi) is 6.96. The lowest BCUT2D eigenvalue weighted by Gasteiger charge is -2.39. The first-order valence-corrected chi connectivity index (χ1v) is 12.4. The second-order valence-corrected chi connectivity index (χ2v) is 9.74. The van der Waals surface area contributed by atoms with Gasteiger partial charge >= 0.3 is 6.18 Å². The molecule has 2 amide bonds. The molecule has 0 aromatic heterocycles. The van der Waals surface area contributed by atoms with Crippen LogP contribution in [0, 0.1) is 0 Å². The molecule has 5 rings (SSSR count). The molecule has 2 aromatic rings. The van der Waals surface area contributed by atoms with Crippen molar-refractivity contribution in [3.63, 3.8) is 0 Å². The number of likely N-dealkylation sites (N-methyl/N-ethyl adjacent to an activating group) is 1. The minimum atomic E-state index is -4.49. The Morgan fingerprint density at radius 1 is 1.14 bits per heavy atom. The van der Waals surface area contributed by atoms with Crippen LogP contribution in [-0.2, 0) is 22.2 Å². The molecule has 3 heterocycles. The Labute approximate surface area is 213 Å². The van der Waals surface area contributed by atoms with Crippen LogP contribution in [0.25, 0.3) is 5.57 Å². The van der Waals surface area contributed by atoms with E-state index in [1.165, 1.54) is 12.1 Å². The number of nitrogens with zero attached hydrogens (tertiary/aromatic N) is 2. The van der Waals surface area contributed by atoms with Gasteiger partial charge in [-0.25, -0.2) is 0 Å². The summed E-state index contributed by atoms with van der Waals surface area (Å²) in [6.07, 6.45) is -1.58. The number of rotatable bonds is 3. The van der Waals surface area contributed by atoms with Gasteiger partial charge in [0.15, 0.2) is 0 Å². The molecule has 196 valence electrons. The number of carbonyl (C=O) groups excluding carboxylic acids is 2. The van der Waals surface area contributed by atoms with Gasteiger partial charge in [0.1, 0.15) is 5.75 Å². The van der Waals surface area contributed by atoms with Gasteiger partial charge in [-0.1, -0.05) is 6.07 Å². The van der Waals surface area contributed by atoms with E-state index < -0.39 is 17.6 Å². The molecule has 1 fully saturated rings. The highest BCUT2D eigenvalue weighted by Gasteiger charge is 2.33. The average Bonchev–Trinajstić information content (AvgIpc) is 3.05. The van der Waals surface area contributed by atoms with Gasteiger partial charge in [0.2, 0.25) is 11.8 Å². The fourth-order valence-corrected chi connectivity index (χ4v) is 5.04. The van der Waals surface area contributed by atoms with Crippen LogP contribution in [0.4, 0.5) is 24.5 Å². The molecule has 1 saturated heterocycles. The van der Waals surface area contributed by atoms with Crippen LogP contribution in [0.1, 0.15) is 29.5 Å². The van der Waals surface area contributed by atoms with E-state index in [0.717, 1.165) is 43.9 Å². The van der Waals surface area contributed by atoms with Crippen LogP contribution < -0.4 is 15.4 Å². The lowest BCUT2D eigenvalue weighted by atomic mass is 9.96. The minimum Gasteiger partial charge on any atom is -0.493 e. The molecule has 0 radical (unpaired) electrons. The van der Waals surface area contributed by atoms with Gasteiger partial charge in [-0.05, 0) is 67.8 Å². The van der Waals surface area contributed by atoms with E-state index in [9.17, 15) is 22.8 Å². The first kappa shape index (κ1) is 25.3. The Hall–Kier alpha value is -3.37. The number of nitrogens with one attached hydrogen (secondary N) is 2. The number of benzene rings is 2. The first-order valence-electron chi connectivity index (χ1n) is 12.4. The number of carbonyl (C=O) groups is 2. The highest BCUT2D eigenvalue weighted by Crippen LogP contribution is 2.38. The fourth-order valence-electron chi connectivity index (χ4n) is 5.04. The summed E-state index contributed by atoms with van der Waals surface area (Å²) in [5.41, 5.74) is 2.11. The maximum atomic E-state index is 13.3.